The fourth-order valence-electron chi connectivity index (χ4n) is 3.68. The number of aliphatic hydroxyl groups is 1. The highest BCUT2D eigenvalue weighted by molar-refractivity contribution is 7.17. The molecule has 1 atom stereocenters. The van der Waals surface area contributed by atoms with Crippen LogP contribution in [0.1, 0.15) is 38.1 Å². The van der Waals surface area contributed by atoms with Crippen LogP contribution in [0.4, 0.5) is 13.9 Å². The maximum atomic E-state index is 14.2. The summed E-state index contributed by atoms with van der Waals surface area (Å²) in [5.74, 6) is -4.62. The van der Waals surface area contributed by atoms with Crippen molar-refractivity contribution in [2.45, 2.75) is 19.9 Å². The second kappa shape index (κ2) is 8.79. The van der Waals surface area contributed by atoms with Gasteiger partial charge in [0, 0.05) is 5.56 Å². The molecule has 174 valence electrons. The zero-order chi connectivity index (χ0) is 24.7. The van der Waals surface area contributed by atoms with E-state index in [4.69, 9.17) is 4.74 Å². The third-order valence-corrected chi connectivity index (χ3v) is 6.55. The molecule has 0 radical (unpaired) electrons. The summed E-state index contributed by atoms with van der Waals surface area (Å²) < 4.78 is 33.0. The van der Waals surface area contributed by atoms with Crippen molar-refractivity contribution in [2.24, 2.45) is 0 Å². The number of nitrogens with zero attached hydrogens (tertiary/aromatic N) is 2. The quantitative estimate of drug-likeness (QED) is 0.254. The number of rotatable bonds is 4. The van der Waals surface area contributed by atoms with Crippen molar-refractivity contribution in [1.82, 2.24) is 4.98 Å². The van der Waals surface area contributed by atoms with Crippen LogP contribution in [0.25, 0.3) is 5.76 Å². The first-order chi connectivity index (χ1) is 16.1. The average molecular weight is 484 g/mol. The zero-order valence-corrected chi connectivity index (χ0v) is 19.1. The van der Waals surface area contributed by atoms with Crippen LogP contribution in [0.2, 0.25) is 0 Å². The number of benzene rings is 2. The zero-order valence-electron chi connectivity index (χ0n) is 18.3. The van der Waals surface area contributed by atoms with E-state index in [-0.39, 0.29) is 32.4 Å². The number of carbonyl (C=O) groups excluding carboxylic acids is 3. The van der Waals surface area contributed by atoms with E-state index in [1.165, 1.54) is 51.3 Å². The summed E-state index contributed by atoms with van der Waals surface area (Å²) in [5.41, 5.74) is 0.403. The Hall–Kier alpha value is -3.92. The fourth-order valence-corrected chi connectivity index (χ4v) is 4.70. The lowest BCUT2D eigenvalue weighted by atomic mass is 9.95. The molecule has 3 aromatic rings. The standard InChI is InChI=1S/C24H18F2N2O5S/c1-11-7-8-14(10-16(11)26)19(29)17-18(13-5-4-6-15(25)9-13)28(22(31)20(17)30)24-27-12(2)21(34-24)23(32)33-3/h4-10,18,29H,1-3H3/t18-/m1/s1. The number of methoxy groups -OCH3 is 1. The van der Waals surface area contributed by atoms with Crippen LogP contribution in [0.5, 0.6) is 0 Å². The van der Waals surface area contributed by atoms with Crippen molar-refractivity contribution < 1.29 is 33.0 Å². The normalized spacial score (nSPS) is 17.3. The van der Waals surface area contributed by atoms with Gasteiger partial charge in [0.05, 0.1) is 24.4 Å². The summed E-state index contributed by atoms with van der Waals surface area (Å²) in [6, 6.07) is 7.79. The molecule has 2 heterocycles. The first-order valence-corrected chi connectivity index (χ1v) is 10.8. The number of hydrogen-bond acceptors (Lipinski definition) is 7. The van der Waals surface area contributed by atoms with Gasteiger partial charge in [0.25, 0.3) is 5.78 Å². The Labute approximate surface area is 196 Å². The molecular formula is C24H18F2N2O5S. The van der Waals surface area contributed by atoms with Crippen LogP contribution in [0.3, 0.4) is 0 Å². The van der Waals surface area contributed by atoms with E-state index in [9.17, 15) is 28.3 Å². The number of esters is 1. The second-order valence-corrected chi connectivity index (χ2v) is 8.57. The Morgan fingerprint density at radius 1 is 1.15 bits per heavy atom. The molecule has 1 aliphatic rings. The molecule has 1 aromatic heterocycles. The molecule has 10 heteroatoms. The van der Waals surface area contributed by atoms with Gasteiger partial charge in [-0.3, -0.25) is 14.5 Å². The summed E-state index contributed by atoms with van der Waals surface area (Å²) in [6.07, 6.45) is 0. The maximum absolute atomic E-state index is 14.2. The lowest BCUT2D eigenvalue weighted by Crippen LogP contribution is -2.29. The molecular weight excluding hydrogens is 466 g/mol. The highest BCUT2D eigenvalue weighted by Crippen LogP contribution is 2.44. The predicted molar refractivity (Wildman–Crippen MR) is 121 cm³/mol. The van der Waals surface area contributed by atoms with Crippen molar-refractivity contribution in [3.63, 3.8) is 0 Å². The molecule has 0 unspecified atom stereocenters. The highest BCUT2D eigenvalue weighted by atomic mass is 32.1. The molecule has 1 saturated heterocycles. The minimum atomic E-state index is -1.27. The van der Waals surface area contributed by atoms with Crippen LogP contribution >= 0.6 is 11.3 Å². The third kappa shape index (κ3) is 3.86. The van der Waals surface area contributed by atoms with Crippen LogP contribution in [0, 0.1) is 25.5 Å². The molecule has 0 saturated carbocycles. The van der Waals surface area contributed by atoms with Gasteiger partial charge in [0.2, 0.25) is 0 Å². The molecule has 1 amide bonds. The first kappa shape index (κ1) is 23.2. The fraction of sp³-hybridized carbons (Fsp3) is 0.167. The number of aliphatic hydroxyl groups excluding tert-OH is 1. The topological polar surface area (TPSA) is 96.8 Å². The number of aromatic nitrogens is 1. The Kier molecular flexibility index (Phi) is 6.01. The number of ether oxygens (including phenoxy) is 1. The average Bonchev–Trinajstić information content (AvgIpc) is 3.31. The lowest BCUT2D eigenvalue weighted by Gasteiger charge is -2.23. The molecule has 4 rings (SSSR count). The van der Waals surface area contributed by atoms with Gasteiger partial charge in [-0.25, -0.2) is 18.6 Å². The van der Waals surface area contributed by atoms with Crippen molar-refractivity contribution >= 4 is 39.9 Å². The number of aryl methyl sites for hydroxylation is 2. The van der Waals surface area contributed by atoms with Gasteiger partial charge in [-0.1, -0.05) is 35.6 Å². The van der Waals surface area contributed by atoms with Crippen molar-refractivity contribution in [3.8, 4) is 0 Å². The summed E-state index contributed by atoms with van der Waals surface area (Å²) in [5, 5.41) is 11.0. The number of carbonyl (C=O) groups is 3. The van der Waals surface area contributed by atoms with Gasteiger partial charge < -0.3 is 9.84 Å². The Morgan fingerprint density at radius 2 is 1.88 bits per heavy atom. The van der Waals surface area contributed by atoms with Gasteiger partial charge >= 0.3 is 11.9 Å². The molecule has 0 bridgehead atoms. The highest BCUT2D eigenvalue weighted by Gasteiger charge is 2.48. The van der Waals surface area contributed by atoms with Crippen LogP contribution in [-0.2, 0) is 14.3 Å². The van der Waals surface area contributed by atoms with E-state index in [1.54, 1.807) is 0 Å². The van der Waals surface area contributed by atoms with E-state index >= 15 is 0 Å². The number of thiazole rings is 1. The van der Waals surface area contributed by atoms with Crippen molar-refractivity contribution in [2.75, 3.05) is 12.0 Å². The van der Waals surface area contributed by atoms with E-state index in [0.717, 1.165) is 28.4 Å². The summed E-state index contributed by atoms with van der Waals surface area (Å²) >= 11 is 0.821. The number of amides is 1. The molecule has 0 spiro atoms. The van der Waals surface area contributed by atoms with Gasteiger partial charge in [0.1, 0.15) is 22.3 Å². The molecule has 0 aliphatic carbocycles. The van der Waals surface area contributed by atoms with Crippen molar-refractivity contribution in [1.29, 1.82) is 0 Å². The third-order valence-electron chi connectivity index (χ3n) is 5.42. The van der Waals surface area contributed by atoms with Crippen LogP contribution < -0.4 is 4.90 Å². The summed E-state index contributed by atoms with van der Waals surface area (Å²) in [4.78, 5) is 43.6. The number of anilines is 1. The second-order valence-electron chi connectivity index (χ2n) is 7.59. The minimum absolute atomic E-state index is 0.0107. The molecule has 2 aromatic carbocycles. The first-order valence-electron chi connectivity index (χ1n) is 10.0. The van der Waals surface area contributed by atoms with Gasteiger partial charge in [-0.05, 0) is 43.2 Å². The van der Waals surface area contributed by atoms with Gasteiger partial charge in [-0.15, -0.1) is 0 Å². The Bertz CT molecular complexity index is 1380. The summed E-state index contributed by atoms with van der Waals surface area (Å²) in [6.45, 7) is 3.07. The summed E-state index contributed by atoms with van der Waals surface area (Å²) in [7, 11) is 1.20. The maximum Gasteiger partial charge on any atom is 0.350 e. The van der Waals surface area contributed by atoms with E-state index < -0.39 is 41.1 Å². The molecule has 1 aliphatic heterocycles. The van der Waals surface area contributed by atoms with E-state index in [1.807, 2.05) is 0 Å². The van der Waals surface area contributed by atoms with Gasteiger partial charge in [0.15, 0.2) is 5.13 Å². The molecule has 7 nitrogen and oxygen atoms in total. The number of halogens is 2. The van der Waals surface area contributed by atoms with Crippen LogP contribution in [-0.4, -0.2) is 34.9 Å². The van der Waals surface area contributed by atoms with E-state index in [2.05, 4.69) is 4.98 Å². The molecule has 1 N–H and O–H groups in total. The Balaban J connectivity index is 1.95. The number of hydrogen-bond donors (Lipinski definition) is 1. The largest absolute Gasteiger partial charge is 0.507 e. The minimum Gasteiger partial charge on any atom is -0.507 e. The lowest BCUT2D eigenvalue weighted by molar-refractivity contribution is -0.132. The van der Waals surface area contributed by atoms with Crippen molar-refractivity contribution in [3.05, 3.63) is 86.9 Å². The number of ketones is 1. The monoisotopic (exact) mass is 484 g/mol. The molecule has 1 fully saturated rings. The Morgan fingerprint density at radius 3 is 2.53 bits per heavy atom. The van der Waals surface area contributed by atoms with E-state index in [0.29, 0.717) is 5.56 Å². The smallest absolute Gasteiger partial charge is 0.350 e. The molecule has 34 heavy (non-hydrogen) atoms. The number of Topliss-reactive ketones (excluding diaryl/α,β-unsaturated/α-hetero) is 1. The predicted octanol–water partition coefficient (Wildman–Crippen LogP) is 4.45. The SMILES string of the molecule is COC(=O)c1sc(N2C(=O)C(=O)C(=C(O)c3ccc(C)c(F)c3)[C@H]2c2cccc(F)c2)nc1C. The van der Waals surface area contributed by atoms with Crippen LogP contribution in [0.15, 0.2) is 48.0 Å². The van der Waals surface area contributed by atoms with Gasteiger partial charge in [-0.2, -0.15) is 0 Å².